The van der Waals surface area contributed by atoms with Gasteiger partial charge in [0.15, 0.2) is 0 Å². The summed E-state index contributed by atoms with van der Waals surface area (Å²) in [6.07, 6.45) is 3.15. The van der Waals surface area contributed by atoms with Crippen LogP contribution in [0.3, 0.4) is 0 Å². The Kier molecular flexibility index (Phi) is 3.89. The molecule has 146 valence electrons. The molecule has 4 heterocycles. The molecule has 0 aliphatic carbocycles. The van der Waals surface area contributed by atoms with Crippen LogP contribution in [-0.2, 0) is 11.3 Å². The Labute approximate surface area is 163 Å². The van der Waals surface area contributed by atoms with E-state index in [1.54, 1.807) is 4.57 Å². The summed E-state index contributed by atoms with van der Waals surface area (Å²) in [4.78, 5) is 34.7. The van der Waals surface area contributed by atoms with E-state index in [-0.39, 0.29) is 30.2 Å². The lowest BCUT2D eigenvalue weighted by Gasteiger charge is -2.39. The zero-order chi connectivity index (χ0) is 19.4. The highest BCUT2D eigenvalue weighted by atomic mass is 16.2. The zero-order valence-electron chi connectivity index (χ0n) is 16.2. The van der Waals surface area contributed by atoms with Crippen molar-refractivity contribution < 1.29 is 4.79 Å². The smallest absolute Gasteiger partial charge is 0.336 e. The van der Waals surface area contributed by atoms with Crippen molar-refractivity contribution in [1.82, 2.24) is 19.2 Å². The summed E-state index contributed by atoms with van der Waals surface area (Å²) in [7, 11) is 0. The van der Waals surface area contributed by atoms with Gasteiger partial charge in [-0.3, -0.25) is 14.7 Å². The summed E-state index contributed by atoms with van der Waals surface area (Å²) >= 11 is 0. The normalized spacial score (nSPS) is 23.1. The second-order valence-corrected chi connectivity index (χ2v) is 7.88. The second-order valence-electron chi connectivity index (χ2n) is 7.88. The summed E-state index contributed by atoms with van der Waals surface area (Å²) < 4.78 is 2.92. The first-order chi connectivity index (χ1) is 13.6. The monoisotopic (exact) mass is 380 g/mol. The van der Waals surface area contributed by atoms with E-state index in [4.69, 9.17) is 0 Å². The number of amides is 1. The first kappa shape index (κ1) is 17.2. The fourth-order valence-corrected chi connectivity index (χ4v) is 4.74. The van der Waals surface area contributed by atoms with Crippen molar-refractivity contribution in [1.29, 1.82) is 0 Å². The minimum absolute atomic E-state index is 0.0317. The lowest BCUT2D eigenvalue weighted by atomic mass is 9.97. The molecule has 8 heteroatoms. The van der Waals surface area contributed by atoms with Crippen molar-refractivity contribution in [3.63, 3.8) is 0 Å². The number of para-hydroxylation sites is 1. The van der Waals surface area contributed by atoms with E-state index in [2.05, 4.69) is 23.9 Å². The third-order valence-corrected chi connectivity index (χ3v) is 6.06. The summed E-state index contributed by atoms with van der Waals surface area (Å²) in [5.74, 6) is 1.36. The average Bonchev–Trinajstić information content (AvgIpc) is 3.28. The Morgan fingerprint density at radius 2 is 1.93 bits per heavy atom. The van der Waals surface area contributed by atoms with Crippen molar-refractivity contribution in [3.8, 4) is 5.69 Å². The molecule has 1 saturated heterocycles. The van der Waals surface area contributed by atoms with Gasteiger partial charge in [-0.15, -0.1) is 5.10 Å². The highest BCUT2D eigenvalue weighted by molar-refractivity contribution is 6.14. The number of piperidine rings is 1. The Morgan fingerprint density at radius 1 is 1.18 bits per heavy atom. The molecule has 0 N–H and O–H groups in total. The molecule has 2 atom stereocenters. The molecule has 1 amide bonds. The van der Waals surface area contributed by atoms with Crippen molar-refractivity contribution in [2.75, 3.05) is 18.0 Å². The average molecular weight is 380 g/mol. The molecular weight excluding hydrogens is 356 g/mol. The van der Waals surface area contributed by atoms with Crippen LogP contribution in [0.2, 0.25) is 0 Å². The zero-order valence-corrected chi connectivity index (χ0v) is 16.2. The van der Waals surface area contributed by atoms with Crippen LogP contribution in [0.4, 0.5) is 5.95 Å². The van der Waals surface area contributed by atoms with Crippen molar-refractivity contribution in [3.05, 3.63) is 40.3 Å². The minimum Gasteiger partial charge on any atom is -0.336 e. The fraction of sp³-hybridized carbons (Fsp3) is 0.500. The molecule has 1 aromatic carbocycles. The number of hydrogen-bond donors (Lipinski definition) is 0. The van der Waals surface area contributed by atoms with Crippen LogP contribution >= 0.6 is 0 Å². The minimum atomic E-state index is -0.279. The largest absolute Gasteiger partial charge is 0.352 e. The van der Waals surface area contributed by atoms with E-state index in [0.717, 1.165) is 36.3 Å². The number of carbonyl (C=O) groups excluding carboxylic acids is 1. The third-order valence-electron chi connectivity index (χ3n) is 6.06. The van der Waals surface area contributed by atoms with Gasteiger partial charge in [-0.1, -0.05) is 12.1 Å². The molecule has 0 unspecified atom stereocenters. The van der Waals surface area contributed by atoms with Crippen molar-refractivity contribution in [2.24, 2.45) is 4.99 Å². The van der Waals surface area contributed by atoms with E-state index in [1.165, 1.54) is 4.68 Å². The molecule has 8 nitrogen and oxygen atoms in total. The number of benzene rings is 1. The van der Waals surface area contributed by atoms with Crippen molar-refractivity contribution in [2.45, 2.75) is 51.7 Å². The van der Waals surface area contributed by atoms with Gasteiger partial charge in [-0.05, 0) is 45.2 Å². The summed E-state index contributed by atoms with van der Waals surface area (Å²) in [6.45, 7) is 5.49. The maximum Gasteiger partial charge on any atom is 0.352 e. The lowest BCUT2D eigenvalue weighted by Crippen LogP contribution is -2.49. The topological polar surface area (TPSA) is 75.7 Å². The van der Waals surface area contributed by atoms with Gasteiger partial charge in [0.2, 0.25) is 11.9 Å². The van der Waals surface area contributed by atoms with Crippen LogP contribution in [0.5, 0.6) is 0 Å². The quantitative estimate of drug-likeness (QED) is 0.789. The van der Waals surface area contributed by atoms with Gasteiger partial charge in [-0.2, -0.15) is 0 Å². The first-order valence-corrected chi connectivity index (χ1v) is 9.99. The van der Waals surface area contributed by atoms with Crippen LogP contribution in [0.15, 0.2) is 34.1 Å². The molecule has 3 aliphatic rings. The molecule has 3 aliphatic heterocycles. The van der Waals surface area contributed by atoms with E-state index in [1.807, 2.05) is 34.1 Å². The standard InChI is InChI=1S/C20H24N6O2/c1-13-6-5-7-14(2)25(13)17(27)12-24-20(28)26-16-9-4-3-8-15(16)18-21-10-11-23(18)19(26)22-24/h3-4,8-9,13-14H,5-7,10-12H2,1-2H3/t13-,14-/m1/s1. The Morgan fingerprint density at radius 3 is 2.71 bits per heavy atom. The lowest BCUT2D eigenvalue weighted by molar-refractivity contribution is -0.138. The Hall–Kier alpha value is -2.90. The fourth-order valence-electron chi connectivity index (χ4n) is 4.74. The first-order valence-electron chi connectivity index (χ1n) is 9.99. The number of rotatable bonds is 2. The molecule has 1 fully saturated rings. The van der Waals surface area contributed by atoms with Gasteiger partial charge in [-0.25, -0.2) is 14.0 Å². The number of anilines is 1. The van der Waals surface area contributed by atoms with Crippen LogP contribution in [0.1, 0.15) is 38.7 Å². The predicted molar refractivity (Wildman–Crippen MR) is 106 cm³/mol. The number of nitrogens with zero attached hydrogens (tertiary/aromatic N) is 6. The van der Waals surface area contributed by atoms with Crippen LogP contribution in [0, 0.1) is 0 Å². The number of aromatic nitrogens is 3. The molecule has 0 radical (unpaired) electrons. The van der Waals surface area contributed by atoms with E-state index < -0.39 is 0 Å². The molecule has 5 rings (SSSR count). The number of aliphatic imine (C=N–C) groups is 1. The number of fused-ring (bicyclic) bond motifs is 6. The summed E-state index contributed by atoms with van der Waals surface area (Å²) in [6, 6.07) is 8.12. The Balaban J connectivity index is 1.54. The molecule has 2 aromatic rings. The summed E-state index contributed by atoms with van der Waals surface area (Å²) in [5, 5.41) is 4.54. The number of likely N-dealkylation sites (tertiary alicyclic amines) is 1. The van der Waals surface area contributed by atoms with Crippen LogP contribution in [-0.4, -0.2) is 56.2 Å². The maximum atomic E-state index is 13.2. The van der Waals surface area contributed by atoms with Crippen molar-refractivity contribution >= 4 is 17.7 Å². The SMILES string of the molecule is C[C@@H]1CCC[C@@H](C)N1C(=O)Cn1nc2n(c1=O)-c1ccccc1C1=NCCN12. The van der Waals surface area contributed by atoms with Gasteiger partial charge in [0, 0.05) is 24.2 Å². The maximum absolute atomic E-state index is 13.2. The van der Waals surface area contributed by atoms with Crippen LogP contribution < -0.4 is 10.6 Å². The second kappa shape index (κ2) is 6.32. The molecule has 1 aromatic heterocycles. The molecule has 0 saturated carbocycles. The summed E-state index contributed by atoms with van der Waals surface area (Å²) in [5.41, 5.74) is 1.43. The van der Waals surface area contributed by atoms with E-state index >= 15 is 0 Å². The highest BCUT2D eigenvalue weighted by Gasteiger charge is 2.35. The Bertz CT molecular complexity index is 1030. The van der Waals surface area contributed by atoms with Crippen LogP contribution in [0.25, 0.3) is 5.69 Å². The number of hydrogen-bond acceptors (Lipinski definition) is 5. The van der Waals surface area contributed by atoms with Gasteiger partial charge in [0.05, 0.1) is 12.2 Å². The predicted octanol–water partition coefficient (Wildman–Crippen LogP) is 1.40. The molecular formula is C20H24N6O2. The van der Waals surface area contributed by atoms with Gasteiger partial charge in [0.1, 0.15) is 12.4 Å². The van der Waals surface area contributed by atoms with Gasteiger partial charge in [0.25, 0.3) is 0 Å². The van der Waals surface area contributed by atoms with Gasteiger partial charge < -0.3 is 4.90 Å². The van der Waals surface area contributed by atoms with E-state index in [9.17, 15) is 9.59 Å². The third kappa shape index (κ3) is 2.43. The van der Waals surface area contributed by atoms with Gasteiger partial charge >= 0.3 is 5.69 Å². The molecule has 0 spiro atoms. The van der Waals surface area contributed by atoms with E-state index in [0.29, 0.717) is 19.0 Å². The number of amidine groups is 1. The molecule has 0 bridgehead atoms. The highest BCUT2D eigenvalue weighted by Crippen LogP contribution is 2.30. The molecule has 28 heavy (non-hydrogen) atoms. The number of carbonyl (C=O) groups is 1.